The fourth-order valence-corrected chi connectivity index (χ4v) is 4.30. The number of aryl methyl sites for hydroxylation is 1. The summed E-state index contributed by atoms with van der Waals surface area (Å²) in [5, 5.41) is 14.3. The summed E-state index contributed by atoms with van der Waals surface area (Å²) in [7, 11) is 0. The molecule has 3 aromatic rings. The normalized spacial score (nSPS) is 20.0. The molecular weight excluding hydrogens is 364 g/mol. The Morgan fingerprint density at radius 1 is 1.14 bits per heavy atom. The highest BCUT2D eigenvalue weighted by molar-refractivity contribution is 5.96. The van der Waals surface area contributed by atoms with Gasteiger partial charge in [0.05, 0.1) is 17.6 Å². The van der Waals surface area contributed by atoms with Gasteiger partial charge in [0.1, 0.15) is 5.58 Å². The van der Waals surface area contributed by atoms with Crippen molar-refractivity contribution >= 4 is 16.9 Å². The van der Waals surface area contributed by atoms with E-state index in [2.05, 4.69) is 10.3 Å². The number of nitrogens with zero attached hydrogens (tertiary/aromatic N) is 1. The Kier molecular flexibility index (Phi) is 5.17. The maximum Gasteiger partial charge on any atom is 0.251 e. The van der Waals surface area contributed by atoms with Crippen LogP contribution in [0.15, 0.2) is 47.1 Å². The SMILES string of the molecule is Cc1cc2occc2c(-c2ccc(C(=O)NC3CCC(C(C)(C)O)CC3)cc2)n1. The van der Waals surface area contributed by atoms with Gasteiger partial charge in [-0.25, -0.2) is 0 Å². The Morgan fingerprint density at radius 2 is 1.83 bits per heavy atom. The van der Waals surface area contributed by atoms with Crippen molar-refractivity contribution < 1.29 is 14.3 Å². The van der Waals surface area contributed by atoms with Crippen LogP contribution in [0.2, 0.25) is 0 Å². The van der Waals surface area contributed by atoms with Crippen LogP contribution in [0.4, 0.5) is 0 Å². The van der Waals surface area contributed by atoms with E-state index in [0.717, 1.165) is 53.6 Å². The molecule has 1 fully saturated rings. The molecule has 0 radical (unpaired) electrons. The molecule has 0 spiro atoms. The predicted molar refractivity (Wildman–Crippen MR) is 114 cm³/mol. The molecule has 1 aliphatic carbocycles. The second-order valence-corrected chi connectivity index (χ2v) is 8.70. The average Bonchev–Trinajstić information content (AvgIpc) is 3.15. The number of carbonyl (C=O) groups is 1. The Hall–Kier alpha value is -2.66. The molecule has 0 atom stereocenters. The van der Waals surface area contributed by atoms with Gasteiger partial charge in [0.2, 0.25) is 0 Å². The second-order valence-electron chi connectivity index (χ2n) is 8.70. The van der Waals surface area contributed by atoms with E-state index in [0.29, 0.717) is 11.5 Å². The van der Waals surface area contributed by atoms with E-state index in [-0.39, 0.29) is 11.9 Å². The summed E-state index contributed by atoms with van der Waals surface area (Å²) in [6, 6.07) is 11.6. The van der Waals surface area contributed by atoms with Gasteiger partial charge in [-0.3, -0.25) is 9.78 Å². The van der Waals surface area contributed by atoms with Crippen LogP contribution < -0.4 is 5.32 Å². The number of rotatable bonds is 4. The Bertz CT molecular complexity index is 1010. The van der Waals surface area contributed by atoms with Crippen molar-refractivity contribution in [2.45, 2.75) is 58.1 Å². The van der Waals surface area contributed by atoms with Crippen molar-refractivity contribution in [3.8, 4) is 11.3 Å². The number of carbonyl (C=O) groups excluding carboxylic acids is 1. The minimum atomic E-state index is -0.644. The van der Waals surface area contributed by atoms with Crippen molar-refractivity contribution in [2.24, 2.45) is 5.92 Å². The number of benzene rings is 1. The van der Waals surface area contributed by atoms with Crippen LogP contribution in [-0.4, -0.2) is 27.6 Å². The summed E-state index contributed by atoms with van der Waals surface area (Å²) in [6.45, 7) is 5.69. The van der Waals surface area contributed by atoms with Crippen molar-refractivity contribution in [3.63, 3.8) is 0 Å². The number of hydrogen-bond donors (Lipinski definition) is 2. The van der Waals surface area contributed by atoms with Gasteiger partial charge in [0.15, 0.2) is 0 Å². The lowest BCUT2D eigenvalue weighted by molar-refractivity contribution is -0.00257. The summed E-state index contributed by atoms with van der Waals surface area (Å²) in [6.07, 6.45) is 5.36. The first-order chi connectivity index (χ1) is 13.8. The van der Waals surface area contributed by atoms with Crippen molar-refractivity contribution in [1.82, 2.24) is 10.3 Å². The fraction of sp³-hybridized carbons (Fsp3) is 0.417. The van der Waals surface area contributed by atoms with Crippen LogP contribution >= 0.6 is 0 Å². The zero-order chi connectivity index (χ0) is 20.6. The molecule has 2 aromatic heterocycles. The number of nitrogens with one attached hydrogen (secondary N) is 1. The molecule has 0 aliphatic heterocycles. The zero-order valence-electron chi connectivity index (χ0n) is 17.2. The highest BCUT2D eigenvalue weighted by Crippen LogP contribution is 2.33. The van der Waals surface area contributed by atoms with E-state index < -0.39 is 5.60 Å². The average molecular weight is 392 g/mol. The van der Waals surface area contributed by atoms with Crippen molar-refractivity contribution in [1.29, 1.82) is 0 Å². The Labute approximate surface area is 171 Å². The van der Waals surface area contributed by atoms with E-state index in [4.69, 9.17) is 4.42 Å². The lowest BCUT2D eigenvalue weighted by Crippen LogP contribution is -2.41. The molecule has 29 heavy (non-hydrogen) atoms. The minimum Gasteiger partial charge on any atom is -0.464 e. The van der Waals surface area contributed by atoms with E-state index >= 15 is 0 Å². The lowest BCUT2D eigenvalue weighted by atomic mass is 9.77. The maximum absolute atomic E-state index is 12.7. The van der Waals surface area contributed by atoms with E-state index in [1.165, 1.54) is 0 Å². The van der Waals surface area contributed by atoms with Gasteiger partial charge in [-0.1, -0.05) is 12.1 Å². The fourth-order valence-electron chi connectivity index (χ4n) is 4.30. The van der Waals surface area contributed by atoms with Gasteiger partial charge in [0, 0.05) is 34.3 Å². The number of hydrogen-bond acceptors (Lipinski definition) is 4. The first-order valence-electron chi connectivity index (χ1n) is 10.3. The number of pyridine rings is 1. The third-order valence-electron chi connectivity index (χ3n) is 6.06. The third kappa shape index (κ3) is 4.20. The topological polar surface area (TPSA) is 75.4 Å². The highest BCUT2D eigenvalue weighted by atomic mass is 16.3. The van der Waals surface area contributed by atoms with Crippen molar-refractivity contribution in [3.05, 3.63) is 53.9 Å². The molecule has 2 heterocycles. The van der Waals surface area contributed by atoms with Gasteiger partial charge in [-0.15, -0.1) is 0 Å². The zero-order valence-corrected chi connectivity index (χ0v) is 17.2. The lowest BCUT2D eigenvalue weighted by Gasteiger charge is -2.36. The maximum atomic E-state index is 12.7. The van der Waals surface area contributed by atoms with Gasteiger partial charge in [-0.05, 0) is 70.6 Å². The molecule has 0 saturated heterocycles. The van der Waals surface area contributed by atoms with Crippen LogP contribution in [0.25, 0.3) is 22.2 Å². The molecule has 4 rings (SSSR count). The van der Waals surface area contributed by atoms with Crippen LogP contribution in [-0.2, 0) is 0 Å². The molecule has 5 nitrogen and oxygen atoms in total. The molecule has 5 heteroatoms. The van der Waals surface area contributed by atoms with E-state index in [1.807, 2.05) is 57.2 Å². The first kappa shape index (κ1) is 19.6. The number of furan rings is 1. The van der Waals surface area contributed by atoms with Gasteiger partial charge < -0.3 is 14.8 Å². The molecule has 0 bridgehead atoms. The first-order valence-corrected chi connectivity index (χ1v) is 10.3. The molecule has 1 aromatic carbocycles. The second kappa shape index (κ2) is 7.64. The highest BCUT2D eigenvalue weighted by Gasteiger charge is 2.31. The number of fused-ring (bicyclic) bond motifs is 1. The quantitative estimate of drug-likeness (QED) is 0.665. The van der Waals surface area contributed by atoms with E-state index in [1.54, 1.807) is 6.26 Å². The minimum absolute atomic E-state index is 0.0473. The molecule has 1 aliphatic rings. The van der Waals surface area contributed by atoms with Crippen LogP contribution in [0, 0.1) is 12.8 Å². The standard InChI is InChI=1S/C24H28N2O3/c1-15-14-21-20(12-13-29-21)22(25-15)16-4-6-17(7-5-16)23(27)26-19-10-8-18(9-11-19)24(2,3)28/h4-7,12-14,18-19,28H,8-11H2,1-3H3,(H,26,27). The van der Waals surface area contributed by atoms with Crippen molar-refractivity contribution in [2.75, 3.05) is 0 Å². The van der Waals surface area contributed by atoms with E-state index in [9.17, 15) is 9.90 Å². The largest absolute Gasteiger partial charge is 0.464 e. The van der Waals surface area contributed by atoms with Gasteiger partial charge >= 0.3 is 0 Å². The number of aliphatic hydroxyl groups is 1. The molecular formula is C24H28N2O3. The predicted octanol–water partition coefficient (Wildman–Crippen LogP) is 4.86. The molecule has 1 saturated carbocycles. The summed E-state index contributed by atoms with van der Waals surface area (Å²) in [5.41, 5.74) is 3.54. The smallest absolute Gasteiger partial charge is 0.251 e. The number of amides is 1. The molecule has 0 unspecified atom stereocenters. The molecule has 152 valence electrons. The monoisotopic (exact) mass is 392 g/mol. The summed E-state index contributed by atoms with van der Waals surface area (Å²) >= 11 is 0. The summed E-state index contributed by atoms with van der Waals surface area (Å²) in [5.74, 6) is 0.255. The van der Waals surface area contributed by atoms with Crippen LogP contribution in [0.3, 0.4) is 0 Å². The van der Waals surface area contributed by atoms with Crippen LogP contribution in [0.5, 0.6) is 0 Å². The van der Waals surface area contributed by atoms with Gasteiger partial charge in [-0.2, -0.15) is 0 Å². The number of aromatic nitrogens is 1. The van der Waals surface area contributed by atoms with Crippen LogP contribution in [0.1, 0.15) is 55.6 Å². The summed E-state index contributed by atoms with van der Waals surface area (Å²) < 4.78 is 5.52. The Balaban J connectivity index is 1.44. The molecule has 1 amide bonds. The Morgan fingerprint density at radius 3 is 2.48 bits per heavy atom. The van der Waals surface area contributed by atoms with Gasteiger partial charge in [0.25, 0.3) is 5.91 Å². The summed E-state index contributed by atoms with van der Waals surface area (Å²) in [4.78, 5) is 17.3. The third-order valence-corrected chi connectivity index (χ3v) is 6.06. The molecule has 2 N–H and O–H groups in total.